The number of rotatable bonds is 9. The fraction of sp³-hybridized carbons (Fsp3) is 0.333. The van der Waals surface area contributed by atoms with Crippen molar-refractivity contribution in [1.29, 1.82) is 0 Å². The van der Waals surface area contributed by atoms with Crippen LogP contribution in [0.3, 0.4) is 0 Å². The summed E-state index contributed by atoms with van der Waals surface area (Å²) in [7, 11) is 1.59. The van der Waals surface area contributed by atoms with Crippen LogP contribution in [0.1, 0.15) is 24.5 Å². The number of halogens is 2. The predicted molar refractivity (Wildman–Crippen MR) is 118 cm³/mol. The first-order valence-electron chi connectivity index (χ1n) is 9.02. The maximum atomic E-state index is 13.0. The summed E-state index contributed by atoms with van der Waals surface area (Å²) < 4.78 is 0. The van der Waals surface area contributed by atoms with Crippen LogP contribution in [-0.2, 0) is 21.9 Å². The summed E-state index contributed by atoms with van der Waals surface area (Å²) in [6, 6.07) is 14.4. The number of hydrogen-bond donors (Lipinski definition) is 1. The van der Waals surface area contributed by atoms with E-state index in [0.29, 0.717) is 28.8 Å². The van der Waals surface area contributed by atoms with Crippen molar-refractivity contribution < 1.29 is 9.59 Å². The van der Waals surface area contributed by atoms with Gasteiger partial charge in [-0.05, 0) is 41.8 Å². The van der Waals surface area contributed by atoms with Crippen LogP contribution in [0.5, 0.6) is 0 Å². The molecule has 2 amide bonds. The molecule has 7 heteroatoms. The first kappa shape index (κ1) is 22.6. The summed E-state index contributed by atoms with van der Waals surface area (Å²) in [6.07, 6.45) is 0.540. The largest absolute Gasteiger partial charge is 0.357 e. The zero-order chi connectivity index (χ0) is 20.5. The summed E-state index contributed by atoms with van der Waals surface area (Å²) in [5, 5.41) is 3.98. The van der Waals surface area contributed by atoms with E-state index in [2.05, 4.69) is 5.32 Å². The number of carbonyl (C=O) groups excluding carboxylic acids is 2. The third-order valence-corrected chi connectivity index (χ3v) is 5.76. The molecule has 0 aromatic heterocycles. The molecular formula is C21H24Cl2N2O2S. The number of nitrogens with one attached hydrogen (secondary N) is 1. The molecule has 0 radical (unpaired) electrons. The van der Waals surface area contributed by atoms with Gasteiger partial charge in [0, 0.05) is 29.4 Å². The third-order valence-electron chi connectivity index (χ3n) is 4.28. The number of hydrogen-bond acceptors (Lipinski definition) is 3. The fourth-order valence-electron chi connectivity index (χ4n) is 2.84. The molecule has 0 saturated heterocycles. The van der Waals surface area contributed by atoms with E-state index in [1.54, 1.807) is 24.1 Å². The Kier molecular flexibility index (Phi) is 9.16. The maximum absolute atomic E-state index is 13.0. The standard InChI is InChI=1S/C21H24Cl2N2O2S/c1-3-19(21(27)24-2)25(12-15-7-9-17(22)10-8-15)20(26)14-28-13-16-5-4-6-18(23)11-16/h4-11,19H,3,12-14H2,1-2H3,(H,24,27)/t19-/m0/s1. The molecule has 1 N–H and O–H groups in total. The first-order chi connectivity index (χ1) is 13.4. The van der Waals surface area contributed by atoms with Crippen molar-refractivity contribution in [3.8, 4) is 0 Å². The van der Waals surface area contributed by atoms with Gasteiger partial charge < -0.3 is 10.2 Å². The van der Waals surface area contributed by atoms with Crippen LogP contribution in [0, 0.1) is 0 Å². The van der Waals surface area contributed by atoms with E-state index in [9.17, 15) is 9.59 Å². The topological polar surface area (TPSA) is 49.4 Å². The van der Waals surface area contributed by atoms with Gasteiger partial charge in [-0.15, -0.1) is 11.8 Å². The molecule has 0 bridgehead atoms. The first-order valence-corrected chi connectivity index (χ1v) is 10.9. The van der Waals surface area contributed by atoms with Crippen LogP contribution in [0.15, 0.2) is 48.5 Å². The molecule has 28 heavy (non-hydrogen) atoms. The zero-order valence-electron chi connectivity index (χ0n) is 16.0. The Hall–Kier alpha value is -1.69. The number of amides is 2. The van der Waals surface area contributed by atoms with Crippen LogP contribution < -0.4 is 5.32 Å². The minimum Gasteiger partial charge on any atom is -0.357 e. The van der Waals surface area contributed by atoms with E-state index in [0.717, 1.165) is 11.1 Å². The van der Waals surface area contributed by atoms with Crippen molar-refractivity contribution in [2.24, 2.45) is 0 Å². The van der Waals surface area contributed by atoms with Crippen molar-refractivity contribution in [1.82, 2.24) is 10.2 Å². The molecule has 0 spiro atoms. The van der Waals surface area contributed by atoms with Crippen LogP contribution in [0.4, 0.5) is 0 Å². The lowest BCUT2D eigenvalue weighted by Crippen LogP contribution is -2.48. The lowest BCUT2D eigenvalue weighted by Gasteiger charge is -2.30. The zero-order valence-corrected chi connectivity index (χ0v) is 18.3. The van der Waals surface area contributed by atoms with Gasteiger partial charge in [-0.25, -0.2) is 0 Å². The van der Waals surface area contributed by atoms with E-state index < -0.39 is 6.04 Å². The average molecular weight is 439 g/mol. The molecular weight excluding hydrogens is 415 g/mol. The number of thioether (sulfide) groups is 1. The van der Waals surface area contributed by atoms with E-state index in [4.69, 9.17) is 23.2 Å². The highest BCUT2D eigenvalue weighted by Crippen LogP contribution is 2.20. The van der Waals surface area contributed by atoms with Crippen molar-refractivity contribution in [3.63, 3.8) is 0 Å². The smallest absolute Gasteiger partial charge is 0.242 e. The van der Waals surface area contributed by atoms with Gasteiger partial charge in [0.15, 0.2) is 0 Å². The second-order valence-electron chi connectivity index (χ2n) is 6.31. The maximum Gasteiger partial charge on any atom is 0.242 e. The molecule has 0 unspecified atom stereocenters. The molecule has 0 heterocycles. The van der Waals surface area contributed by atoms with Gasteiger partial charge >= 0.3 is 0 Å². The molecule has 1 atom stereocenters. The second kappa shape index (κ2) is 11.3. The van der Waals surface area contributed by atoms with Gasteiger partial charge in [0.25, 0.3) is 0 Å². The number of likely N-dealkylation sites (N-methyl/N-ethyl adjacent to an activating group) is 1. The van der Waals surface area contributed by atoms with Crippen LogP contribution in [-0.4, -0.2) is 35.6 Å². The Bertz CT molecular complexity index is 799. The molecule has 150 valence electrons. The molecule has 2 aromatic carbocycles. The SMILES string of the molecule is CC[C@@H](C(=O)NC)N(Cc1ccc(Cl)cc1)C(=O)CSCc1cccc(Cl)c1. The normalized spacial score (nSPS) is 11.7. The van der Waals surface area contributed by atoms with Crippen LogP contribution in [0.25, 0.3) is 0 Å². The van der Waals surface area contributed by atoms with Gasteiger partial charge in [-0.1, -0.05) is 54.4 Å². The fourth-order valence-corrected chi connectivity index (χ4v) is 4.04. The van der Waals surface area contributed by atoms with Crippen LogP contribution in [0.2, 0.25) is 10.0 Å². The molecule has 0 aliphatic carbocycles. The van der Waals surface area contributed by atoms with Gasteiger partial charge in [-0.2, -0.15) is 0 Å². The summed E-state index contributed by atoms with van der Waals surface area (Å²) in [6.45, 7) is 2.26. The highest BCUT2D eigenvalue weighted by molar-refractivity contribution is 7.99. The van der Waals surface area contributed by atoms with Gasteiger partial charge in [-0.3, -0.25) is 9.59 Å². The molecule has 0 aliphatic heterocycles. The van der Waals surface area contributed by atoms with E-state index >= 15 is 0 Å². The molecule has 4 nitrogen and oxygen atoms in total. The van der Waals surface area contributed by atoms with Gasteiger partial charge in [0.2, 0.25) is 11.8 Å². The Labute approximate surface area is 180 Å². The Balaban J connectivity index is 2.08. The molecule has 2 rings (SSSR count). The Morgan fingerprint density at radius 3 is 2.39 bits per heavy atom. The molecule has 2 aromatic rings. The predicted octanol–water partition coefficient (Wildman–Crippen LogP) is 4.78. The van der Waals surface area contributed by atoms with Gasteiger partial charge in [0.1, 0.15) is 6.04 Å². The molecule has 0 saturated carbocycles. The minimum absolute atomic E-state index is 0.0718. The minimum atomic E-state index is -0.514. The molecule has 0 aliphatic rings. The molecule has 0 fully saturated rings. The van der Waals surface area contributed by atoms with Gasteiger partial charge in [0.05, 0.1) is 5.75 Å². The highest BCUT2D eigenvalue weighted by Gasteiger charge is 2.27. The average Bonchev–Trinajstić information content (AvgIpc) is 2.69. The van der Waals surface area contributed by atoms with Crippen molar-refractivity contribution in [2.75, 3.05) is 12.8 Å². The van der Waals surface area contributed by atoms with Crippen molar-refractivity contribution >= 4 is 46.8 Å². The van der Waals surface area contributed by atoms with E-state index in [1.807, 2.05) is 43.3 Å². The summed E-state index contributed by atoms with van der Waals surface area (Å²) in [5.41, 5.74) is 1.99. The number of benzene rings is 2. The monoisotopic (exact) mass is 438 g/mol. The number of carbonyl (C=O) groups is 2. The van der Waals surface area contributed by atoms with Crippen molar-refractivity contribution in [3.05, 3.63) is 69.7 Å². The van der Waals surface area contributed by atoms with Crippen LogP contribution >= 0.6 is 35.0 Å². The highest BCUT2D eigenvalue weighted by atomic mass is 35.5. The van der Waals surface area contributed by atoms with E-state index in [1.165, 1.54) is 11.8 Å². The Morgan fingerprint density at radius 1 is 1.07 bits per heavy atom. The second-order valence-corrected chi connectivity index (χ2v) is 8.17. The number of nitrogens with zero attached hydrogens (tertiary/aromatic N) is 1. The van der Waals surface area contributed by atoms with E-state index in [-0.39, 0.29) is 17.6 Å². The summed E-state index contributed by atoms with van der Waals surface area (Å²) in [4.78, 5) is 26.9. The third kappa shape index (κ3) is 6.73. The summed E-state index contributed by atoms with van der Waals surface area (Å²) in [5.74, 6) is 0.730. The Morgan fingerprint density at radius 2 is 1.79 bits per heavy atom. The lowest BCUT2D eigenvalue weighted by atomic mass is 10.1. The summed E-state index contributed by atoms with van der Waals surface area (Å²) >= 11 is 13.5. The van der Waals surface area contributed by atoms with Crippen molar-refractivity contribution in [2.45, 2.75) is 31.7 Å². The quantitative estimate of drug-likeness (QED) is 0.612. The lowest BCUT2D eigenvalue weighted by molar-refractivity contribution is -0.139.